The third-order valence-electron chi connectivity index (χ3n) is 3.86. The van der Waals surface area contributed by atoms with E-state index in [0.29, 0.717) is 23.8 Å². The van der Waals surface area contributed by atoms with E-state index in [0.717, 1.165) is 24.0 Å². The lowest BCUT2D eigenvalue weighted by Gasteiger charge is -2.10. The molecule has 3 rings (SSSR count). The number of aryl methyl sites for hydroxylation is 2. The van der Waals surface area contributed by atoms with Gasteiger partial charge in [0, 0.05) is 27.7 Å². The van der Waals surface area contributed by atoms with Crippen molar-refractivity contribution in [2.45, 2.75) is 18.9 Å². The number of fused-ring (bicyclic) bond motifs is 1. The molecule has 1 atom stereocenters. The van der Waals surface area contributed by atoms with E-state index >= 15 is 0 Å². The highest BCUT2D eigenvalue weighted by Crippen LogP contribution is 2.18. The summed E-state index contributed by atoms with van der Waals surface area (Å²) in [5.74, 6) is 0. The topological polar surface area (TPSA) is 80.3 Å². The number of hydrogen-bond donors (Lipinski definition) is 0. The first-order valence-electron chi connectivity index (χ1n) is 6.87. The van der Waals surface area contributed by atoms with Crippen LogP contribution in [0.5, 0.6) is 6.01 Å². The fourth-order valence-corrected chi connectivity index (χ4v) is 2.57. The molecule has 0 aliphatic carbocycles. The SMILES string of the molecule is Cn1c(=O)c2c(nc(OC[C@@H]3CCCO3)n2C)n(C)c1=O. The molecule has 8 heteroatoms. The number of aromatic nitrogens is 4. The van der Waals surface area contributed by atoms with Crippen molar-refractivity contribution in [2.24, 2.45) is 21.1 Å². The first-order valence-corrected chi connectivity index (χ1v) is 6.87. The van der Waals surface area contributed by atoms with E-state index in [9.17, 15) is 9.59 Å². The van der Waals surface area contributed by atoms with Gasteiger partial charge in [0.25, 0.3) is 11.6 Å². The van der Waals surface area contributed by atoms with Gasteiger partial charge >= 0.3 is 5.69 Å². The van der Waals surface area contributed by atoms with E-state index in [4.69, 9.17) is 9.47 Å². The van der Waals surface area contributed by atoms with Crippen LogP contribution in [-0.2, 0) is 25.9 Å². The summed E-state index contributed by atoms with van der Waals surface area (Å²) < 4.78 is 15.1. The molecule has 1 fully saturated rings. The van der Waals surface area contributed by atoms with E-state index in [1.807, 2.05) is 0 Å². The molecule has 0 amide bonds. The van der Waals surface area contributed by atoms with E-state index < -0.39 is 5.69 Å². The monoisotopic (exact) mass is 294 g/mol. The van der Waals surface area contributed by atoms with Crippen LogP contribution in [0.15, 0.2) is 9.59 Å². The zero-order valence-corrected chi connectivity index (χ0v) is 12.3. The zero-order valence-electron chi connectivity index (χ0n) is 12.3. The van der Waals surface area contributed by atoms with E-state index in [1.54, 1.807) is 18.7 Å². The van der Waals surface area contributed by atoms with Crippen molar-refractivity contribution in [3.8, 4) is 6.01 Å². The molecule has 1 aliphatic rings. The summed E-state index contributed by atoms with van der Waals surface area (Å²) >= 11 is 0. The second-order valence-electron chi connectivity index (χ2n) is 5.28. The first kappa shape index (κ1) is 13.9. The van der Waals surface area contributed by atoms with Crippen molar-refractivity contribution in [1.82, 2.24) is 18.7 Å². The maximum absolute atomic E-state index is 12.2. The van der Waals surface area contributed by atoms with Crippen LogP contribution < -0.4 is 16.0 Å². The van der Waals surface area contributed by atoms with Crippen molar-refractivity contribution < 1.29 is 9.47 Å². The van der Waals surface area contributed by atoms with Crippen LogP contribution in [0.25, 0.3) is 11.2 Å². The van der Waals surface area contributed by atoms with Crippen LogP contribution >= 0.6 is 0 Å². The van der Waals surface area contributed by atoms with Gasteiger partial charge in [0.15, 0.2) is 11.2 Å². The van der Waals surface area contributed by atoms with Crippen LogP contribution in [0, 0.1) is 0 Å². The Balaban J connectivity index is 2.03. The average Bonchev–Trinajstić information content (AvgIpc) is 3.09. The molecule has 0 bridgehead atoms. The Labute approximate surface area is 120 Å². The van der Waals surface area contributed by atoms with Crippen LogP contribution in [0.3, 0.4) is 0 Å². The zero-order chi connectivity index (χ0) is 15.1. The van der Waals surface area contributed by atoms with Gasteiger partial charge < -0.3 is 9.47 Å². The Morgan fingerprint density at radius 2 is 2.00 bits per heavy atom. The molecule has 8 nitrogen and oxygen atoms in total. The number of imidazole rings is 1. The summed E-state index contributed by atoms with van der Waals surface area (Å²) in [7, 11) is 4.73. The van der Waals surface area contributed by atoms with Gasteiger partial charge in [0.05, 0.1) is 6.10 Å². The predicted octanol–water partition coefficient (Wildman–Crippen LogP) is -0.472. The molecule has 3 heterocycles. The van der Waals surface area contributed by atoms with Crippen molar-refractivity contribution >= 4 is 11.2 Å². The minimum Gasteiger partial charge on any atom is -0.462 e. The molecule has 2 aromatic rings. The van der Waals surface area contributed by atoms with Crippen LogP contribution in [0.1, 0.15) is 12.8 Å². The molecule has 0 spiro atoms. The lowest BCUT2D eigenvalue weighted by molar-refractivity contribution is 0.0636. The molecule has 2 aromatic heterocycles. The largest absolute Gasteiger partial charge is 0.462 e. The molecular weight excluding hydrogens is 276 g/mol. The third-order valence-corrected chi connectivity index (χ3v) is 3.86. The van der Waals surface area contributed by atoms with E-state index in [1.165, 1.54) is 11.6 Å². The second-order valence-corrected chi connectivity index (χ2v) is 5.28. The first-order chi connectivity index (χ1) is 10.0. The maximum Gasteiger partial charge on any atom is 0.332 e. The lowest BCUT2D eigenvalue weighted by Crippen LogP contribution is -2.37. The summed E-state index contributed by atoms with van der Waals surface area (Å²) in [5.41, 5.74) is -0.110. The summed E-state index contributed by atoms with van der Waals surface area (Å²) in [6.45, 7) is 1.15. The van der Waals surface area contributed by atoms with Crippen molar-refractivity contribution in [2.75, 3.05) is 13.2 Å². The highest BCUT2D eigenvalue weighted by Gasteiger charge is 2.20. The minimum absolute atomic E-state index is 0.0662. The smallest absolute Gasteiger partial charge is 0.332 e. The quantitative estimate of drug-likeness (QED) is 0.764. The number of nitrogens with zero attached hydrogens (tertiary/aromatic N) is 4. The number of ether oxygens (including phenoxy) is 2. The van der Waals surface area contributed by atoms with Crippen molar-refractivity contribution in [3.05, 3.63) is 20.8 Å². The van der Waals surface area contributed by atoms with Gasteiger partial charge in [-0.1, -0.05) is 0 Å². The second kappa shape index (κ2) is 5.03. The summed E-state index contributed by atoms with van der Waals surface area (Å²) in [5, 5.41) is 0. The number of rotatable bonds is 3. The van der Waals surface area contributed by atoms with Gasteiger partial charge in [-0.2, -0.15) is 4.98 Å². The summed E-state index contributed by atoms with van der Waals surface area (Å²) in [4.78, 5) is 28.4. The highest BCUT2D eigenvalue weighted by atomic mass is 16.5. The van der Waals surface area contributed by atoms with E-state index in [2.05, 4.69) is 4.98 Å². The molecule has 0 unspecified atom stereocenters. The Bertz CT molecular complexity index is 795. The summed E-state index contributed by atoms with van der Waals surface area (Å²) in [6, 6.07) is 0.318. The van der Waals surface area contributed by atoms with Gasteiger partial charge in [-0.3, -0.25) is 18.5 Å². The molecule has 1 aliphatic heterocycles. The molecule has 21 heavy (non-hydrogen) atoms. The number of hydrogen-bond acceptors (Lipinski definition) is 5. The molecule has 1 saturated heterocycles. The lowest BCUT2D eigenvalue weighted by atomic mass is 10.2. The molecule has 0 saturated carbocycles. The predicted molar refractivity (Wildman–Crippen MR) is 75.7 cm³/mol. The third kappa shape index (κ3) is 2.15. The van der Waals surface area contributed by atoms with Crippen molar-refractivity contribution in [3.63, 3.8) is 0 Å². The Hall–Kier alpha value is -2.09. The minimum atomic E-state index is -0.406. The van der Waals surface area contributed by atoms with Crippen LogP contribution in [0.2, 0.25) is 0 Å². The maximum atomic E-state index is 12.2. The Morgan fingerprint density at radius 1 is 1.24 bits per heavy atom. The fraction of sp³-hybridized carbons (Fsp3) is 0.615. The van der Waals surface area contributed by atoms with Gasteiger partial charge in [0.1, 0.15) is 6.61 Å². The Morgan fingerprint density at radius 3 is 2.67 bits per heavy atom. The van der Waals surface area contributed by atoms with Gasteiger partial charge in [-0.25, -0.2) is 4.79 Å². The van der Waals surface area contributed by atoms with Crippen LogP contribution in [0.4, 0.5) is 0 Å². The normalized spacial score (nSPS) is 18.5. The standard InChI is InChI=1S/C13H18N4O4/c1-15-9-10(16(2)13(19)17(3)11(9)18)14-12(15)21-7-8-5-4-6-20-8/h8H,4-7H2,1-3H3/t8-/m0/s1. The van der Waals surface area contributed by atoms with Crippen LogP contribution in [-0.4, -0.2) is 38.0 Å². The van der Waals surface area contributed by atoms with E-state index in [-0.39, 0.29) is 11.7 Å². The van der Waals surface area contributed by atoms with Crippen molar-refractivity contribution in [1.29, 1.82) is 0 Å². The molecule has 114 valence electrons. The Kier molecular flexibility index (Phi) is 3.32. The van der Waals surface area contributed by atoms with Gasteiger partial charge in [-0.15, -0.1) is 0 Å². The molecule has 0 radical (unpaired) electrons. The molecule has 0 aromatic carbocycles. The molecular formula is C13H18N4O4. The van der Waals surface area contributed by atoms with Gasteiger partial charge in [0.2, 0.25) is 0 Å². The summed E-state index contributed by atoms with van der Waals surface area (Å²) in [6.07, 6.45) is 2.06. The molecule has 0 N–H and O–H groups in total. The van der Waals surface area contributed by atoms with Gasteiger partial charge in [-0.05, 0) is 12.8 Å². The fourth-order valence-electron chi connectivity index (χ4n) is 2.57. The average molecular weight is 294 g/mol. The highest BCUT2D eigenvalue weighted by molar-refractivity contribution is 5.71.